The Morgan fingerprint density at radius 3 is 2.48 bits per heavy atom. The number of amides is 1. The molecular formula is C16H27ClN2O2. The monoisotopic (exact) mass is 314 g/mol. The molecule has 0 aliphatic rings. The third kappa shape index (κ3) is 7.93. The molecule has 0 saturated carbocycles. The van der Waals surface area contributed by atoms with E-state index < -0.39 is 0 Å². The molecule has 21 heavy (non-hydrogen) atoms. The van der Waals surface area contributed by atoms with E-state index in [9.17, 15) is 4.79 Å². The zero-order valence-corrected chi connectivity index (χ0v) is 13.9. The van der Waals surface area contributed by atoms with Crippen LogP contribution in [0.4, 0.5) is 0 Å². The summed E-state index contributed by atoms with van der Waals surface area (Å²) in [5.41, 5.74) is 5.98. The Labute approximate surface area is 134 Å². The van der Waals surface area contributed by atoms with Crippen LogP contribution in [0.15, 0.2) is 30.3 Å². The molecule has 0 heterocycles. The van der Waals surface area contributed by atoms with E-state index in [0.29, 0.717) is 25.5 Å². The van der Waals surface area contributed by atoms with E-state index in [1.54, 1.807) is 4.90 Å². The lowest BCUT2D eigenvalue weighted by Gasteiger charge is -2.21. The molecule has 1 rings (SSSR count). The zero-order valence-electron chi connectivity index (χ0n) is 13.1. The summed E-state index contributed by atoms with van der Waals surface area (Å²) in [5, 5.41) is 0. The molecule has 1 atom stereocenters. The van der Waals surface area contributed by atoms with Gasteiger partial charge in [0.05, 0.1) is 13.0 Å². The molecule has 1 unspecified atom stereocenters. The molecule has 0 aliphatic carbocycles. The molecule has 4 nitrogen and oxygen atoms in total. The van der Waals surface area contributed by atoms with E-state index in [0.717, 1.165) is 12.2 Å². The van der Waals surface area contributed by atoms with Crippen molar-refractivity contribution in [3.8, 4) is 5.75 Å². The van der Waals surface area contributed by atoms with Crippen molar-refractivity contribution in [2.75, 3.05) is 20.2 Å². The minimum Gasteiger partial charge on any atom is -0.493 e. The molecule has 0 bridgehead atoms. The first kappa shape index (κ1) is 19.7. The van der Waals surface area contributed by atoms with Crippen molar-refractivity contribution in [3.05, 3.63) is 30.3 Å². The maximum Gasteiger partial charge on any atom is 0.225 e. The summed E-state index contributed by atoms with van der Waals surface area (Å²) < 4.78 is 5.52. The lowest BCUT2D eigenvalue weighted by Crippen LogP contribution is -2.35. The lowest BCUT2D eigenvalue weighted by molar-refractivity contribution is -0.130. The van der Waals surface area contributed by atoms with E-state index in [2.05, 4.69) is 13.8 Å². The SMILES string of the molecule is CC(C)C(N)CCN(C)C(=O)CCOc1ccccc1.Cl. The smallest absolute Gasteiger partial charge is 0.225 e. The predicted octanol–water partition coefficient (Wildman–Crippen LogP) is 2.71. The van der Waals surface area contributed by atoms with Gasteiger partial charge in [-0.2, -0.15) is 0 Å². The molecular weight excluding hydrogens is 288 g/mol. The average Bonchev–Trinajstić information content (AvgIpc) is 2.45. The van der Waals surface area contributed by atoms with Gasteiger partial charge in [-0.3, -0.25) is 4.79 Å². The maximum atomic E-state index is 11.9. The number of para-hydroxylation sites is 1. The predicted molar refractivity (Wildman–Crippen MR) is 88.9 cm³/mol. The standard InChI is InChI=1S/C16H26N2O2.ClH/c1-13(2)15(17)9-11-18(3)16(19)10-12-20-14-7-5-4-6-8-14;/h4-8,13,15H,9-12,17H2,1-3H3;1H. The summed E-state index contributed by atoms with van der Waals surface area (Å²) in [4.78, 5) is 13.7. The number of hydrogen-bond donors (Lipinski definition) is 1. The molecule has 1 aromatic carbocycles. The van der Waals surface area contributed by atoms with Crippen LogP contribution < -0.4 is 10.5 Å². The third-order valence-corrected chi connectivity index (χ3v) is 3.41. The number of hydrogen-bond acceptors (Lipinski definition) is 3. The molecule has 5 heteroatoms. The Kier molecular flexibility index (Phi) is 9.84. The van der Waals surface area contributed by atoms with E-state index in [1.807, 2.05) is 37.4 Å². The van der Waals surface area contributed by atoms with E-state index >= 15 is 0 Å². The van der Waals surface area contributed by atoms with Gasteiger partial charge in [-0.1, -0.05) is 32.0 Å². The van der Waals surface area contributed by atoms with Crippen LogP contribution in [0, 0.1) is 5.92 Å². The van der Waals surface area contributed by atoms with Gasteiger partial charge in [-0.25, -0.2) is 0 Å². The van der Waals surface area contributed by atoms with Crippen molar-refractivity contribution in [1.29, 1.82) is 0 Å². The molecule has 0 aliphatic heterocycles. The number of halogens is 1. The van der Waals surface area contributed by atoms with Crippen LogP contribution in [0.5, 0.6) is 5.75 Å². The summed E-state index contributed by atoms with van der Waals surface area (Å²) in [5.74, 6) is 1.33. The summed E-state index contributed by atoms with van der Waals surface area (Å²) >= 11 is 0. The van der Waals surface area contributed by atoms with E-state index in [4.69, 9.17) is 10.5 Å². The topological polar surface area (TPSA) is 55.6 Å². The van der Waals surface area contributed by atoms with Crippen LogP contribution in [0.2, 0.25) is 0 Å². The fourth-order valence-corrected chi connectivity index (χ4v) is 1.76. The second-order valence-corrected chi connectivity index (χ2v) is 5.42. The van der Waals surface area contributed by atoms with Crippen LogP contribution in [0.1, 0.15) is 26.7 Å². The van der Waals surface area contributed by atoms with Crippen molar-refractivity contribution in [3.63, 3.8) is 0 Å². The Bertz CT molecular complexity index is 399. The van der Waals surface area contributed by atoms with E-state index in [1.165, 1.54) is 0 Å². The summed E-state index contributed by atoms with van der Waals surface area (Å²) in [6, 6.07) is 9.67. The number of nitrogens with two attached hydrogens (primary N) is 1. The Balaban J connectivity index is 0.00000400. The average molecular weight is 315 g/mol. The molecule has 0 saturated heterocycles. The minimum atomic E-state index is 0. The van der Waals surface area contributed by atoms with Crippen LogP contribution in [0.25, 0.3) is 0 Å². The number of nitrogens with zero attached hydrogens (tertiary/aromatic N) is 1. The van der Waals surface area contributed by atoms with Crippen molar-refractivity contribution in [1.82, 2.24) is 4.90 Å². The molecule has 0 spiro atoms. The van der Waals surface area contributed by atoms with Gasteiger partial charge in [-0.15, -0.1) is 12.4 Å². The fourth-order valence-electron chi connectivity index (χ4n) is 1.76. The largest absolute Gasteiger partial charge is 0.493 e. The lowest BCUT2D eigenvalue weighted by atomic mass is 10.0. The summed E-state index contributed by atoms with van der Waals surface area (Å²) in [6.07, 6.45) is 1.22. The highest BCUT2D eigenvalue weighted by molar-refractivity contribution is 5.85. The van der Waals surface area contributed by atoms with Gasteiger partial charge in [0.1, 0.15) is 5.75 Å². The zero-order chi connectivity index (χ0) is 15.0. The highest BCUT2D eigenvalue weighted by atomic mass is 35.5. The number of ether oxygens (including phenoxy) is 1. The summed E-state index contributed by atoms with van der Waals surface area (Å²) in [6.45, 7) is 5.30. The second kappa shape index (κ2) is 10.5. The molecule has 0 fully saturated rings. The normalized spacial score (nSPS) is 11.7. The maximum absolute atomic E-state index is 11.9. The van der Waals surface area contributed by atoms with Crippen LogP contribution >= 0.6 is 12.4 Å². The van der Waals surface area contributed by atoms with E-state index in [-0.39, 0.29) is 24.4 Å². The highest BCUT2D eigenvalue weighted by Gasteiger charge is 2.12. The first-order valence-corrected chi connectivity index (χ1v) is 7.18. The van der Waals surface area contributed by atoms with Crippen molar-refractivity contribution >= 4 is 18.3 Å². The number of carbonyl (C=O) groups excluding carboxylic acids is 1. The van der Waals surface area contributed by atoms with Crippen molar-refractivity contribution < 1.29 is 9.53 Å². The van der Waals surface area contributed by atoms with Gasteiger partial charge in [-0.05, 0) is 24.5 Å². The first-order valence-electron chi connectivity index (χ1n) is 7.18. The van der Waals surface area contributed by atoms with Gasteiger partial charge < -0.3 is 15.4 Å². The highest BCUT2D eigenvalue weighted by Crippen LogP contribution is 2.09. The second-order valence-electron chi connectivity index (χ2n) is 5.42. The van der Waals surface area contributed by atoms with Crippen LogP contribution in [-0.4, -0.2) is 37.0 Å². The van der Waals surface area contributed by atoms with Crippen LogP contribution in [0.3, 0.4) is 0 Å². The molecule has 0 aromatic heterocycles. The molecule has 0 radical (unpaired) electrons. The molecule has 120 valence electrons. The van der Waals surface area contributed by atoms with Crippen molar-refractivity contribution in [2.24, 2.45) is 11.7 Å². The minimum absolute atomic E-state index is 0. The number of rotatable bonds is 8. The first-order chi connectivity index (χ1) is 9.50. The Morgan fingerprint density at radius 2 is 1.90 bits per heavy atom. The number of benzene rings is 1. The number of carbonyl (C=O) groups is 1. The van der Waals surface area contributed by atoms with Gasteiger partial charge in [0.15, 0.2) is 0 Å². The quantitative estimate of drug-likeness (QED) is 0.802. The van der Waals surface area contributed by atoms with Gasteiger partial charge >= 0.3 is 0 Å². The van der Waals surface area contributed by atoms with Gasteiger partial charge in [0.2, 0.25) is 5.91 Å². The van der Waals surface area contributed by atoms with Gasteiger partial charge in [0, 0.05) is 19.6 Å². The molecule has 1 amide bonds. The van der Waals surface area contributed by atoms with Crippen LogP contribution in [-0.2, 0) is 4.79 Å². The van der Waals surface area contributed by atoms with Gasteiger partial charge in [0.25, 0.3) is 0 Å². The third-order valence-electron chi connectivity index (χ3n) is 3.41. The fraction of sp³-hybridized carbons (Fsp3) is 0.562. The Morgan fingerprint density at radius 1 is 1.29 bits per heavy atom. The molecule has 1 aromatic rings. The summed E-state index contributed by atoms with van der Waals surface area (Å²) in [7, 11) is 1.82. The molecule has 2 N–H and O–H groups in total. The Hall–Kier alpha value is -1.26. The van der Waals surface area contributed by atoms with Crippen molar-refractivity contribution in [2.45, 2.75) is 32.7 Å².